The first kappa shape index (κ1) is 12.8. The van der Waals surface area contributed by atoms with Gasteiger partial charge in [-0.15, -0.1) is 0 Å². The Morgan fingerprint density at radius 1 is 1.27 bits per heavy atom. The van der Waals surface area contributed by atoms with Crippen LogP contribution >= 0.6 is 0 Å². The second-order valence-electron chi connectivity index (χ2n) is 5.20. The summed E-state index contributed by atoms with van der Waals surface area (Å²) in [6, 6.07) is 0.753. The summed E-state index contributed by atoms with van der Waals surface area (Å²) in [7, 11) is 0. The third-order valence-electron chi connectivity index (χ3n) is 3.48. The Morgan fingerprint density at radius 3 is 2.73 bits per heavy atom. The molecule has 0 amide bonds. The third kappa shape index (κ3) is 5.36. The number of hydrogen-bond donors (Lipinski definition) is 1. The molecule has 1 rings (SSSR count). The summed E-state index contributed by atoms with van der Waals surface area (Å²) in [5.74, 6) is 1.01. The molecule has 0 aromatic rings. The first-order chi connectivity index (χ1) is 7.22. The normalized spacial score (nSPS) is 27.3. The Labute approximate surface area is 95.3 Å². The zero-order valence-corrected chi connectivity index (χ0v) is 10.5. The van der Waals surface area contributed by atoms with Crippen molar-refractivity contribution in [3.63, 3.8) is 0 Å². The molecule has 1 heteroatoms. The maximum absolute atomic E-state index is 3.94. The SMILES string of the molecule is C=C(C)CNC1CCCC(CCC)CC1. The standard InChI is InChI=1S/C14H27N/c1-4-6-13-7-5-8-14(10-9-13)15-11-12(2)3/h13-15H,2,4-11H2,1,3H3. The third-order valence-corrected chi connectivity index (χ3v) is 3.48. The predicted octanol–water partition coefficient (Wildman–Crippen LogP) is 3.90. The van der Waals surface area contributed by atoms with Crippen molar-refractivity contribution in [2.45, 2.75) is 64.8 Å². The van der Waals surface area contributed by atoms with Crippen LogP contribution in [-0.4, -0.2) is 12.6 Å². The average Bonchev–Trinajstić information content (AvgIpc) is 2.41. The Balaban J connectivity index is 2.23. The van der Waals surface area contributed by atoms with Gasteiger partial charge in [-0.25, -0.2) is 0 Å². The van der Waals surface area contributed by atoms with Crippen molar-refractivity contribution in [2.75, 3.05) is 6.54 Å². The Bertz CT molecular complexity index is 186. The molecular formula is C14H27N. The van der Waals surface area contributed by atoms with Gasteiger partial charge in [-0.2, -0.15) is 0 Å². The van der Waals surface area contributed by atoms with E-state index in [4.69, 9.17) is 0 Å². The number of rotatable bonds is 5. The van der Waals surface area contributed by atoms with Gasteiger partial charge in [0.05, 0.1) is 0 Å². The topological polar surface area (TPSA) is 12.0 Å². The van der Waals surface area contributed by atoms with Crippen LogP contribution in [0, 0.1) is 5.92 Å². The minimum absolute atomic E-state index is 0.753. The van der Waals surface area contributed by atoms with Gasteiger partial charge in [0.25, 0.3) is 0 Å². The van der Waals surface area contributed by atoms with E-state index in [-0.39, 0.29) is 0 Å². The van der Waals surface area contributed by atoms with E-state index in [2.05, 4.69) is 25.7 Å². The molecule has 0 aliphatic heterocycles. The summed E-state index contributed by atoms with van der Waals surface area (Å²) in [5.41, 5.74) is 1.25. The van der Waals surface area contributed by atoms with Crippen LogP contribution in [0.25, 0.3) is 0 Å². The van der Waals surface area contributed by atoms with Crippen LogP contribution < -0.4 is 5.32 Å². The Hall–Kier alpha value is -0.300. The van der Waals surface area contributed by atoms with Gasteiger partial charge in [-0.3, -0.25) is 0 Å². The molecule has 15 heavy (non-hydrogen) atoms. The first-order valence-electron chi connectivity index (χ1n) is 6.60. The minimum atomic E-state index is 0.753. The van der Waals surface area contributed by atoms with Crippen molar-refractivity contribution < 1.29 is 0 Å². The van der Waals surface area contributed by atoms with Crippen LogP contribution in [0.4, 0.5) is 0 Å². The van der Waals surface area contributed by atoms with Gasteiger partial charge in [0.2, 0.25) is 0 Å². The smallest absolute Gasteiger partial charge is 0.0161 e. The highest BCUT2D eigenvalue weighted by Crippen LogP contribution is 2.26. The van der Waals surface area contributed by atoms with Crippen LogP contribution in [0.5, 0.6) is 0 Å². The first-order valence-corrected chi connectivity index (χ1v) is 6.60. The van der Waals surface area contributed by atoms with Gasteiger partial charge in [0.15, 0.2) is 0 Å². The second-order valence-corrected chi connectivity index (χ2v) is 5.20. The van der Waals surface area contributed by atoms with Crippen LogP contribution in [0.1, 0.15) is 58.8 Å². The van der Waals surface area contributed by atoms with Crippen LogP contribution in [-0.2, 0) is 0 Å². The van der Waals surface area contributed by atoms with Gasteiger partial charge in [-0.05, 0) is 32.1 Å². The van der Waals surface area contributed by atoms with E-state index >= 15 is 0 Å². The second kappa shape index (κ2) is 7.05. The lowest BCUT2D eigenvalue weighted by molar-refractivity contribution is 0.413. The average molecular weight is 209 g/mol. The summed E-state index contributed by atoms with van der Waals surface area (Å²) in [6.07, 6.45) is 9.84. The van der Waals surface area contributed by atoms with E-state index < -0.39 is 0 Å². The number of hydrogen-bond acceptors (Lipinski definition) is 1. The molecule has 88 valence electrons. The summed E-state index contributed by atoms with van der Waals surface area (Å²) in [5, 5.41) is 3.62. The molecule has 0 saturated heterocycles. The summed E-state index contributed by atoms with van der Waals surface area (Å²) in [4.78, 5) is 0. The van der Waals surface area contributed by atoms with Crippen LogP contribution in [0.2, 0.25) is 0 Å². The van der Waals surface area contributed by atoms with Crippen LogP contribution in [0.3, 0.4) is 0 Å². The zero-order valence-electron chi connectivity index (χ0n) is 10.5. The Kier molecular flexibility index (Phi) is 6.00. The highest BCUT2D eigenvalue weighted by molar-refractivity contribution is 4.92. The summed E-state index contributed by atoms with van der Waals surface area (Å²) in [6.45, 7) is 9.36. The largest absolute Gasteiger partial charge is 0.310 e. The molecule has 1 N–H and O–H groups in total. The molecular weight excluding hydrogens is 182 g/mol. The monoisotopic (exact) mass is 209 g/mol. The maximum Gasteiger partial charge on any atom is 0.0161 e. The Morgan fingerprint density at radius 2 is 2.07 bits per heavy atom. The molecule has 0 aromatic heterocycles. The van der Waals surface area contributed by atoms with E-state index in [0.29, 0.717) is 0 Å². The molecule has 1 aliphatic carbocycles. The van der Waals surface area contributed by atoms with E-state index in [1.54, 1.807) is 0 Å². The van der Waals surface area contributed by atoms with E-state index in [1.165, 1.54) is 50.5 Å². The van der Waals surface area contributed by atoms with Crippen molar-refractivity contribution in [2.24, 2.45) is 5.92 Å². The van der Waals surface area contributed by atoms with E-state index in [9.17, 15) is 0 Å². The van der Waals surface area contributed by atoms with Crippen molar-refractivity contribution in [3.8, 4) is 0 Å². The van der Waals surface area contributed by atoms with Gasteiger partial charge in [0.1, 0.15) is 0 Å². The summed E-state index contributed by atoms with van der Waals surface area (Å²) >= 11 is 0. The molecule has 1 fully saturated rings. The van der Waals surface area contributed by atoms with Gasteiger partial charge < -0.3 is 5.32 Å². The zero-order chi connectivity index (χ0) is 11.1. The molecule has 1 nitrogen and oxygen atoms in total. The lowest BCUT2D eigenvalue weighted by Crippen LogP contribution is -2.29. The highest BCUT2D eigenvalue weighted by Gasteiger charge is 2.17. The minimum Gasteiger partial charge on any atom is -0.310 e. The van der Waals surface area contributed by atoms with Crippen molar-refractivity contribution in [1.29, 1.82) is 0 Å². The molecule has 1 aliphatic rings. The van der Waals surface area contributed by atoms with Crippen molar-refractivity contribution >= 4 is 0 Å². The molecule has 2 atom stereocenters. The molecule has 1 saturated carbocycles. The fourth-order valence-electron chi connectivity index (χ4n) is 2.60. The lowest BCUT2D eigenvalue weighted by atomic mass is 9.95. The fraction of sp³-hybridized carbons (Fsp3) is 0.857. The van der Waals surface area contributed by atoms with Gasteiger partial charge in [0, 0.05) is 12.6 Å². The molecule has 0 aromatic carbocycles. The highest BCUT2D eigenvalue weighted by atomic mass is 14.9. The van der Waals surface area contributed by atoms with Crippen LogP contribution in [0.15, 0.2) is 12.2 Å². The lowest BCUT2D eigenvalue weighted by Gasteiger charge is -2.16. The van der Waals surface area contributed by atoms with E-state index in [0.717, 1.165) is 18.5 Å². The van der Waals surface area contributed by atoms with Gasteiger partial charge in [-0.1, -0.05) is 44.8 Å². The van der Waals surface area contributed by atoms with Crippen molar-refractivity contribution in [1.82, 2.24) is 5.32 Å². The molecule has 0 spiro atoms. The summed E-state index contributed by atoms with van der Waals surface area (Å²) < 4.78 is 0. The molecule has 0 radical (unpaired) electrons. The quantitative estimate of drug-likeness (QED) is 0.535. The maximum atomic E-state index is 3.94. The molecule has 0 heterocycles. The van der Waals surface area contributed by atoms with Crippen molar-refractivity contribution in [3.05, 3.63) is 12.2 Å². The molecule has 0 bridgehead atoms. The fourth-order valence-corrected chi connectivity index (χ4v) is 2.60. The van der Waals surface area contributed by atoms with E-state index in [1.807, 2.05) is 0 Å². The predicted molar refractivity (Wildman–Crippen MR) is 68.1 cm³/mol. The number of nitrogens with one attached hydrogen (secondary N) is 1. The van der Waals surface area contributed by atoms with Gasteiger partial charge >= 0.3 is 0 Å². The molecule has 2 unspecified atom stereocenters.